The van der Waals surface area contributed by atoms with Gasteiger partial charge in [-0.3, -0.25) is 0 Å². The van der Waals surface area contributed by atoms with Crippen LogP contribution in [0.25, 0.3) is 0 Å². The van der Waals surface area contributed by atoms with Crippen LogP contribution in [0.1, 0.15) is 19.3 Å². The Balaban J connectivity index is 1.94. The number of carbonyl (C=O) groups excluding carboxylic acids is 1. The summed E-state index contributed by atoms with van der Waals surface area (Å²) in [5.41, 5.74) is 0.572. The van der Waals surface area contributed by atoms with Crippen molar-refractivity contribution in [3.8, 4) is 6.07 Å². The molecule has 4 nitrogen and oxygen atoms in total. The Bertz CT molecular complexity index is 483. The summed E-state index contributed by atoms with van der Waals surface area (Å²) in [6, 6.07) is 8.91. The van der Waals surface area contributed by atoms with E-state index in [1.54, 1.807) is 24.3 Å². The molecule has 2 rings (SSSR count). The molecule has 2 N–H and O–H groups in total. The number of nitriles is 1. The van der Waals surface area contributed by atoms with Crippen LogP contribution in [0.5, 0.6) is 0 Å². The summed E-state index contributed by atoms with van der Waals surface area (Å²) in [7, 11) is 0. The average molecular weight is 264 g/mol. The maximum Gasteiger partial charge on any atom is 0.319 e. The van der Waals surface area contributed by atoms with Gasteiger partial charge in [0.05, 0.1) is 22.7 Å². The Hall–Kier alpha value is -1.73. The lowest BCUT2D eigenvalue weighted by Gasteiger charge is -2.16. The molecule has 1 fully saturated rings. The highest BCUT2D eigenvalue weighted by molar-refractivity contribution is 6.33. The minimum absolute atomic E-state index is 0.0579. The molecular formula is C13H14ClN3O. The van der Waals surface area contributed by atoms with Crippen LogP contribution in [0.15, 0.2) is 24.3 Å². The Morgan fingerprint density at radius 1 is 1.39 bits per heavy atom. The topological polar surface area (TPSA) is 64.9 Å². The summed E-state index contributed by atoms with van der Waals surface area (Å²) in [5.74, 6) is -0.0815. The van der Waals surface area contributed by atoms with Gasteiger partial charge in [-0.2, -0.15) is 5.26 Å². The monoisotopic (exact) mass is 263 g/mol. The van der Waals surface area contributed by atoms with E-state index >= 15 is 0 Å². The number of nitrogens with zero attached hydrogens (tertiary/aromatic N) is 1. The molecule has 0 radical (unpaired) electrons. The fraction of sp³-hybridized carbons (Fsp3) is 0.385. The maximum absolute atomic E-state index is 11.8. The van der Waals surface area contributed by atoms with Crippen LogP contribution in [-0.4, -0.2) is 12.1 Å². The highest BCUT2D eigenvalue weighted by Gasteiger charge is 2.28. The first-order valence-electron chi connectivity index (χ1n) is 5.92. The molecule has 0 bridgehead atoms. The predicted octanol–water partition coefficient (Wildman–Crippen LogP) is 3.15. The van der Waals surface area contributed by atoms with E-state index in [1.165, 1.54) is 0 Å². The predicted molar refractivity (Wildman–Crippen MR) is 70.3 cm³/mol. The van der Waals surface area contributed by atoms with Gasteiger partial charge < -0.3 is 10.6 Å². The highest BCUT2D eigenvalue weighted by atomic mass is 35.5. The van der Waals surface area contributed by atoms with E-state index in [9.17, 15) is 4.79 Å². The molecule has 2 unspecified atom stereocenters. The first kappa shape index (κ1) is 12.7. The molecule has 5 heteroatoms. The molecule has 0 heterocycles. The Labute approximate surface area is 111 Å². The van der Waals surface area contributed by atoms with Gasteiger partial charge in [-0.15, -0.1) is 0 Å². The lowest BCUT2D eigenvalue weighted by Crippen LogP contribution is -2.39. The molecule has 1 aliphatic carbocycles. The van der Waals surface area contributed by atoms with Crippen molar-refractivity contribution in [2.45, 2.75) is 25.3 Å². The van der Waals surface area contributed by atoms with Crippen LogP contribution in [0, 0.1) is 17.2 Å². The third-order valence-electron chi connectivity index (χ3n) is 3.12. The van der Waals surface area contributed by atoms with Crippen LogP contribution < -0.4 is 10.6 Å². The van der Waals surface area contributed by atoms with Gasteiger partial charge in [-0.05, 0) is 31.4 Å². The third kappa shape index (κ3) is 2.93. The number of hydrogen-bond donors (Lipinski definition) is 2. The molecule has 0 aliphatic heterocycles. The molecule has 2 amide bonds. The fourth-order valence-corrected chi connectivity index (χ4v) is 2.36. The van der Waals surface area contributed by atoms with E-state index in [4.69, 9.17) is 16.9 Å². The minimum Gasteiger partial charge on any atom is -0.334 e. The van der Waals surface area contributed by atoms with Gasteiger partial charge in [0, 0.05) is 6.04 Å². The summed E-state index contributed by atoms with van der Waals surface area (Å²) in [4.78, 5) is 11.8. The number of anilines is 1. The quantitative estimate of drug-likeness (QED) is 0.861. The standard InChI is InChI=1S/C13H14ClN3O/c14-10-5-1-2-6-12(10)17-13(18)16-11-7-3-4-9(11)8-15/h1-2,5-6,9,11H,3-4,7H2,(H2,16,17,18). The molecule has 0 saturated heterocycles. The van der Waals surface area contributed by atoms with Crippen LogP contribution >= 0.6 is 11.6 Å². The lowest BCUT2D eigenvalue weighted by molar-refractivity contribution is 0.247. The van der Waals surface area contributed by atoms with Crippen molar-refractivity contribution in [3.05, 3.63) is 29.3 Å². The van der Waals surface area contributed by atoms with Crippen molar-refractivity contribution in [2.75, 3.05) is 5.32 Å². The number of benzene rings is 1. The Morgan fingerprint density at radius 2 is 2.17 bits per heavy atom. The smallest absolute Gasteiger partial charge is 0.319 e. The van der Waals surface area contributed by atoms with Gasteiger partial charge in [0.2, 0.25) is 0 Å². The van der Waals surface area contributed by atoms with Gasteiger partial charge in [0.1, 0.15) is 0 Å². The molecule has 94 valence electrons. The number of rotatable bonds is 2. The third-order valence-corrected chi connectivity index (χ3v) is 3.45. The zero-order valence-corrected chi connectivity index (χ0v) is 10.6. The second-order valence-electron chi connectivity index (χ2n) is 4.35. The van der Waals surface area contributed by atoms with E-state index in [0.717, 1.165) is 19.3 Å². The lowest BCUT2D eigenvalue weighted by atomic mass is 10.1. The van der Waals surface area contributed by atoms with Gasteiger partial charge in [0.25, 0.3) is 0 Å². The summed E-state index contributed by atoms with van der Waals surface area (Å²) < 4.78 is 0. The van der Waals surface area contributed by atoms with Crippen molar-refractivity contribution in [1.29, 1.82) is 5.26 Å². The average Bonchev–Trinajstić information content (AvgIpc) is 2.79. The minimum atomic E-state index is -0.310. The molecule has 0 spiro atoms. The molecule has 18 heavy (non-hydrogen) atoms. The largest absolute Gasteiger partial charge is 0.334 e. The first-order valence-corrected chi connectivity index (χ1v) is 6.30. The van der Waals surface area contributed by atoms with E-state index in [1.807, 2.05) is 0 Å². The molecule has 2 atom stereocenters. The van der Waals surface area contributed by atoms with Crippen molar-refractivity contribution in [1.82, 2.24) is 5.32 Å². The van der Waals surface area contributed by atoms with E-state index in [-0.39, 0.29) is 18.0 Å². The van der Waals surface area contributed by atoms with Crippen LogP contribution in [0.4, 0.5) is 10.5 Å². The van der Waals surface area contributed by atoms with Gasteiger partial charge in [0.15, 0.2) is 0 Å². The van der Waals surface area contributed by atoms with E-state index in [0.29, 0.717) is 10.7 Å². The zero-order valence-electron chi connectivity index (χ0n) is 9.82. The summed E-state index contributed by atoms with van der Waals surface area (Å²) in [6.07, 6.45) is 2.69. The summed E-state index contributed by atoms with van der Waals surface area (Å²) in [6.45, 7) is 0. The van der Waals surface area contributed by atoms with Crippen molar-refractivity contribution in [3.63, 3.8) is 0 Å². The number of para-hydroxylation sites is 1. The molecule has 1 aromatic rings. The van der Waals surface area contributed by atoms with Gasteiger partial charge >= 0.3 is 6.03 Å². The van der Waals surface area contributed by atoms with E-state index in [2.05, 4.69) is 16.7 Å². The number of urea groups is 1. The molecule has 1 aromatic carbocycles. The van der Waals surface area contributed by atoms with Crippen molar-refractivity contribution in [2.24, 2.45) is 5.92 Å². The number of halogens is 1. The van der Waals surface area contributed by atoms with Crippen molar-refractivity contribution >= 4 is 23.3 Å². The summed E-state index contributed by atoms with van der Waals surface area (Å²) in [5, 5.41) is 15.0. The number of carbonyl (C=O) groups is 1. The Kier molecular flexibility index (Phi) is 4.06. The fourth-order valence-electron chi connectivity index (χ4n) is 2.18. The molecule has 0 aromatic heterocycles. The number of amides is 2. The number of hydrogen-bond acceptors (Lipinski definition) is 2. The maximum atomic E-state index is 11.8. The van der Waals surface area contributed by atoms with Gasteiger partial charge in [-0.25, -0.2) is 4.79 Å². The summed E-state index contributed by atoms with van der Waals surface area (Å²) >= 11 is 5.95. The molecule has 1 aliphatic rings. The Morgan fingerprint density at radius 3 is 2.89 bits per heavy atom. The number of nitrogens with one attached hydrogen (secondary N) is 2. The normalized spacial score (nSPS) is 22.2. The second-order valence-corrected chi connectivity index (χ2v) is 4.76. The van der Waals surface area contributed by atoms with Gasteiger partial charge in [-0.1, -0.05) is 23.7 Å². The zero-order chi connectivity index (χ0) is 13.0. The SMILES string of the molecule is N#CC1CCCC1NC(=O)Nc1ccccc1Cl. The highest BCUT2D eigenvalue weighted by Crippen LogP contribution is 2.25. The van der Waals surface area contributed by atoms with E-state index < -0.39 is 0 Å². The van der Waals surface area contributed by atoms with Crippen molar-refractivity contribution < 1.29 is 4.79 Å². The first-order chi connectivity index (χ1) is 8.70. The molecular weight excluding hydrogens is 250 g/mol. The second kappa shape index (κ2) is 5.74. The molecule has 1 saturated carbocycles. The van der Waals surface area contributed by atoms with Crippen LogP contribution in [0.3, 0.4) is 0 Å². The van der Waals surface area contributed by atoms with Crippen LogP contribution in [0.2, 0.25) is 5.02 Å². The van der Waals surface area contributed by atoms with Crippen LogP contribution in [-0.2, 0) is 0 Å².